The number of carbonyl (C=O) groups is 3. The van der Waals surface area contributed by atoms with Crippen molar-refractivity contribution >= 4 is 35.1 Å². The van der Waals surface area contributed by atoms with Crippen LogP contribution in [0.2, 0.25) is 0 Å². The number of nitrogens with one attached hydrogen (secondary N) is 1. The monoisotopic (exact) mass is 464 g/mol. The highest BCUT2D eigenvalue weighted by molar-refractivity contribution is 6.02. The molecule has 34 heavy (non-hydrogen) atoms. The Labute approximate surface area is 198 Å². The van der Waals surface area contributed by atoms with E-state index in [1.165, 1.54) is 17.8 Å². The lowest BCUT2D eigenvalue weighted by molar-refractivity contribution is -0.136. The number of ether oxygens (including phenoxy) is 3. The molecule has 178 valence electrons. The zero-order chi connectivity index (χ0) is 24.9. The highest BCUT2D eigenvalue weighted by Crippen LogP contribution is 2.29. The van der Waals surface area contributed by atoms with E-state index in [-0.39, 0.29) is 12.3 Å². The quantitative estimate of drug-likeness (QED) is 0.318. The lowest BCUT2D eigenvalue weighted by Crippen LogP contribution is -2.28. The summed E-state index contributed by atoms with van der Waals surface area (Å²) < 4.78 is 17.1. The van der Waals surface area contributed by atoms with Crippen molar-refractivity contribution in [3.8, 4) is 0 Å². The average molecular weight is 465 g/mol. The molecule has 0 aliphatic heterocycles. The molecule has 0 bridgehead atoms. The third-order valence-electron chi connectivity index (χ3n) is 4.88. The minimum Gasteiger partial charge on any atom is -0.464 e. The van der Waals surface area contributed by atoms with E-state index in [1.54, 1.807) is 39.8 Å². The van der Waals surface area contributed by atoms with E-state index in [4.69, 9.17) is 14.2 Å². The molecule has 0 fully saturated rings. The smallest absolute Gasteiger partial charge is 0.419 e. The maximum Gasteiger partial charge on any atom is 0.419 e. The normalized spacial score (nSPS) is 11.7. The van der Waals surface area contributed by atoms with Crippen molar-refractivity contribution in [2.45, 2.75) is 39.9 Å². The number of amides is 1. The van der Waals surface area contributed by atoms with Gasteiger partial charge in [-0.1, -0.05) is 48.5 Å². The summed E-state index contributed by atoms with van der Waals surface area (Å²) in [7, 11) is 1.21. The van der Waals surface area contributed by atoms with Crippen LogP contribution < -0.4 is 5.32 Å². The fraction of sp³-hybridized carbons (Fsp3) is 0.269. The fourth-order valence-corrected chi connectivity index (χ4v) is 3.39. The molecule has 0 spiro atoms. The minimum atomic E-state index is -0.811. The highest BCUT2D eigenvalue weighted by atomic mass is 16.6. The summed E-state index contributed by atoms with van der Waals surface area (Å²) in [5.74, 6) is -0.759. The lowest BCUT2D eigenvalue weighted by atomic mass is 10.1. The Bertz CT molecular complexity index is 1240. The van der Waals surface area contributed by atoms with Crippen molar-refractivity contribution < 1.29 is 28.6 Å². The number of hydrogen-bond donors (Lipinski definition) is 1. The predicted molar refractivity (Wildman–Crippen MR) is 128 cm³/mol. The zero-order valence-electron chi connectivity index (χ0n) is 19.9. The van der Waals surface area contributed by atoms with Gasteiger partial charge in [0.1, 0.15) is 17.9 Å². The molecular weight excluding hydrogens is 436 g/mol. The van der Waals surface area contributed by atoms with Gasteiger partial charge in [-0.3, -0.25) is 5.32 Å². The number of para-hydroxylation sites is 1. The molecule has 8 heteroatoms. The Morgan fingerprint density at radius 2 is 1.65 bits per heavy atom. The van der Waals surface area contributed by atoms with Crippen LogP contribution in [0, 0.1) is 6.92 Å². The SMILES string of the molecule is COC(=O)/C(=C/c1c(C)n(C(=O)OC(C)(C)C)c2ccccc12)NC(=O)OCc1ccccc1. The predicted octanol–water partition coefficient (Wildman–Crippen LogP) is 5.17. The van der Waals surface area contributed by atoms with Crippen molar-refractivity contribution in [1.82, 2.24) is 9.88 Å². The Morgan fingerprint density at radius 1 is 1.00 bits per heavy atom. The highest BCUT2D eigenvalue weighted by Gasteiger charge is 2.24. The summed E-state index contributed by atoms with van der Waals surface area (Å²) >= 11 is 0. The number of aromatic nitrogens is 1. The van der Waals surface area contributed by atoms with Gasteiger partial charge in [-0.2, -0.15) is 0 Å². The number of carbonyl (C=O) groups excluding carboxylic acids is 3. The standard InChI is InChI=1S/C26H28N2O6/c1-17-20(19-13-9-10-14-22(19)28(17)25(31)34-26(2,3)4)15-21(23(29)32-5)27-24(30)33-16-18-11-7-6-8-12-18/h6-15H,16H2,1-5H3,(H,27,30)/b21-15-. The molecular formula is C26H28N2O6. The summed E-state index contributed by atoms with van der Waals surface area (Å²) in [4.78, 5) is 37.8. The maximum absolute atomic E-state index is 12.9. The van der Waals surface area contributed by atoms with E-state index < -0.39 is 23.8 Å². The summed E-state index contributed by atoms with van der Waals surface area (Å²) in [6, 6.07) is 16.4. The Morgan fingerprint density at radius 3 is 2.29 bits per heavy atom. The molecule has 8 nitrogen and oxygen atoms in total. The van der Waals surface area contributed by atoms with Crippen LogP contribution in [0.1, 0.15) is 37.6 Å². The Balaban J connectivity index is 1.96. The van der Waals surface area contributed by atoms with Gasteiger partial charge in [-0.15, -0.1) is 0 Å². The van der Waals surface area contributed by atoms with Crippen LogP contribution in [0.15, 0.2) is 60.3 Å². The van der Waals surface area contributed by atoms with Crippen molar-refractivity contribution in [2.75, 3.05) is 7.11 Å². The first-order valence-corrected chi connectivity index (χ1v) is 10.7. The van der Waals surface area contributed by atoms with E-state index in [0.717, 1.165) is 5.56 Å². The molecule has 0 saturated heterocycles. The number of nitrogens with zero attached hydrogens (tertiary/aromatic N) is 1. The number of rotatable bonds is 5. The molecule has 1 heterocycles. The van der Waals surface area contributed by atoms with Crippen molar-refractivity contribution in [3.05, 3.63) is 77.1 Å². The first-order valence-electron chi connectivity index (χ1n) is 10.7. The van der Waals surface area contributed by atoms with Gasteiger partial charge in [0.2, 0.25) is 0 Å². The molecule has 0 aliphatic carbocycles. The van der Waals surface area contributed by atoms with Crippen LogP contribution in [0.4, 0.5) is 9.59 Å². The van der Waals surface area contributed by atoms with Crippen molar-refractivity contribution in [3.63, 3.8) is 0 Å². The first-order chi connectivity index (χ1) is 16.1. The molecule has 3 aromatic rings. The molecule has 1 N–H and O–H groups in total. The molecule has 0 saturated carbocycles. The van der Waals surface area contributed by atoms with Gasteiger partial charge in [-0.25, -0.2) is 19.0 Å². The number of methoxy groups -OCH3 is 1. The summed E-state index contributed by atoms with van der Waals surface area (Å²) in [5.41, 5.74) is 1.69. The molecule has 1 aromatic heterocycles. The van der Waals surface area contributed by atoms with Gasteiger partial charge < -0.3 is 14.2 Å². The second kappa shape index (κ2) is 10.2. The van der Waals surface area contributed by atoms with Gasteiger partial charge in [0.25, 0.3) is 0 Å². The van der Waals surface area contributed by atoms with Crippen LogP contribution in [-0.4, -0.2) is 35.4 Å². The van der Waals surface area contributed by atoms with E-state index in [0.29, 0.717) is 22.2 Å². The van der Waals surface area contributed by atoms with Crippen LogP contribution in [0.25, 0.3) is 17.0 Å². The van der Waals surface area contributed by atoms with Crippen LogP contribution in [-0.2, 0) is 25.6 Å². The van der Waals surface area contributed by atoms with Crippen molar-refractivity contribution in [1.29, 1.82) is 0 Å². The Kier molecular flexibility index (Phi) is 7.40. The van der Waals surface area contributed by atoms with Gasteiger partial charge >= 0.3 is 18.2 Å². The van der Waals surface area contributed by atoms with Crippen LogP contribution in [0.5, 0.6) is 0 Å². The first kappa shape index (κ1) is 24.6. The Hall–Kier alpha value is -4.07. The number of fused-ring (bicyclic) bond motifs is 1. The number of benzene rings is 2. The number of hydrogen-bond acceptors (Lipinski definition) is 6. The molecule has 3 rings (SSSR count). The maximum atomic E-state index is 12.9. The molecule has 0 atom stereocenters. The van der Waals surface area contributed by atoms with E-state index >= 15 is 0 Å². The summed E-state index contributed by atoms with van der Waals surface area (Å²) in [6.07, 6.45) is 0.110. The van der Waals surface area contributed by atoms with Gasteiger partial charge in [-0.05, 0) is 45.4 Å². The second-order valence-corrected chi connectivity index (χ2v) is 8.57. The molecule has 2 aromatic carbocycles. The van der Waals surface area contributed by atoms with E-state index in [2.05, 4.69) is 5.32 Å². The van der Waals surface area contributed by atoms with Crippen molar-refractivity contribution in [2.24, 2.45) is 0 Å². The van der Waals surface area contributed by atoms with Crippen LogP contribution >= 0.6 is 0 Å². The second-order valence-electron chi connectivity index (χ2n) is 8.57. The van der Waals surface area contributed by atoms with Gasteiger partial charge in [0, 0.05) is 16.6 Å². The van der Waals surface area contributed by atoms with E-state index in [9.17, 15) is 14.4 Å². The third-order valence-corrected chi connectivity index (χ3v) is 4.88. The fourth-order valence-electron chi connectivity index (χ4n) is 3.39. The minimum absolute atomic E-state index is 0.0398. The molecule has 0 aliphatic rings. The summed E-state index contributed by atoms with van der Waals surface area (Å²) in [6.45, 7) is 7.13. The largest absolute Gasteiger partial charge is 0.464 e. The third kappa shape index (κ3) is 5.83. The average Bonchev–Trinajstić information content (AvgIpc) is 3.07. The lowest BCUT2D eigenvalue weighted by Gasteiger charge is -2.20. The summed E-state index contributed by atoms with van der Waals surface area (Å²) in [5, 5.41) is 3.16. The van der Waals surface area contributed by atoms with Gasteiger partial charge in [0.15, 0.2) is 0 Å². The van der Waals surface area contributed by atoms with Crippen LogP contribution in [0.3, 0.4) is 0 Å². The van der Waals surface area contributed by atoms with E-state index in [1.807, 2.05) is 42.5 Å². The number of alkyl carbamates (subject to hydrolysis) is 1. The molecule has 1 amide bonds. The van der Waals surface area contributed by atoms with Gasteiger partial charge in [0.05, 0.1) is 12.6 Å². The topological polar surface area (TPSA) is 95.9 Å². The zero-order valence-corrected chi connectivity index (χ0v) is 19.9. The number of esters is 1. The molecule has 0 unspecified atom stereocenters. The molecule has 0 radical (unpaired) electrons.